The molecule has 0 spiro atoms. The maximum absolute atomic E-state index is 14.4. The lowest BCUT2D eigenvalue weighted by Gasteiger charge is -2.34. The zero-order valence-corrected chi connectivity index (χ0v) is 33.7. The molecule has 0 radical (unpaired) electrons. The van der Waals surface area contributed by atoms with Gasteiger partial charge >= 0.3 is 5.97 Å². The largest absolute Gasteiger partial charge is 0.480 e. The zero-order chi connectivity index (χ0) is 42.7. The van der Waals surface area contributed by atoms with Crippen molar-refractivity contribution in [2.75, 3.05) is 26.2 Å². The average molecular weight is 810 g/mol. The van der Waals surface area contributed by atoms with Crippen molar-refractivity contribution >= 4 is 58.3 Å². The molecule has 2 saturated heterocycles. The lowest BCUT2D eigenvalue weighted by atomic mass is 9.97. The van der Waals surface area contributed by atoms with Crippen molar-refractivity contribution in [3.05, 3.63) is 36.0 Å². The lowest BCUT2D eigenvalue weighted by Crippen LogP contribution is -2.60. The van der Waals surface area contributed by atoms with E-state index in [1.165, 1.54) is 9.80 Å². The monoisotopic (exact) mass is 809 g/mol. The third kappa shape index (κ3) is 11.7. The van der Waals surface area contributed by atoms with Gasteiger partial charge in [0.15, 0.2) is 5.96 Å². The molecule has 2 aliphatic heterocycles. The summed E-state index contributed by atoms with van der Waals surface area (Å²) < 4.78 is 0. The highest BCUT2D eigenvalue weighted by Crippen LogP contribution is 2.27. The number of aromatic amines is 1. The van der Waals surface area contributed by atoms with Crippen LogP contribution in [-0.4, -0.2) is 129 Å². The Hall–Kier alpha value is -5.72. The number of aromatic nitrogens is 1. The Balaban J connectivity index is 1.50. The molecule has 0 saturated carbocycles. The van der Waals surface area contributed by atoms with E-state index in [9.17, 15) is 33.6 Å². The number of nitrogens with two attached hydrogens (primary N) is 3. The summed E-state index contributed by atoms with van der Waals surface area (Å²) in [5.74, 6) is -5.12. The fraction of sp³-hybridized carbons (Fsp3) is 0.590. The van der Waals surface area contributed by atoms with Gasteiger partial charge in [-0.2, -0.15) is 0 Å². The van der Waals surface area contributed by atoms with E-state index in [2.05, 4.69) is 31.2 Å². The maximum Gasteiger partial charge on any atom is 0.322 e. The van der Waals surface area contributed by atoms with E-state index in [0.29, 0.717) is 32.1 Å². The molecule has 1 aromatic heterocycles. The minimum atomic E-state index is -1.28. The summed E-state index contributed by atoms with van der Waals surface area (Å²) in [5.41, 5.74) is 17.3. The van der Waals surface area contributed by atoms with Gasteiger partial charge in [-0.25, -0.2) is 0 Å². The summed E-state index contributed by atoms with van der Waals surface area (Å²) in [4.78, 5) is 104. The third-order valence-electron chi connectivity index (χ3n) is 10.7. The molecule has 3 heterocycles. The van der Waals surface area contributed by atoms with Crippen LogP contribution in [0.3, 0.4) is 0 Å². The van der Waals surface area contributed by atoms with Crippen molar-refractivity contribution in [2.45, 2.75) is 115 Å². The number of fused-ring (bicyclic) bond motifs is 1. The Morgan fingerprint density at radius 3 is 2.28 bits per heavy atom. The van der Waals surface area contributed by atoms with Gasteiger partial charge in [-0.3, -0.25) is 38.6 Å². The number of hydrogen-bond acceptors (Lipinski definition) is 9. The molecule has 4 rings (SSSR count). The molecule has 2 fully saturated rings. The van der Waals surface area contributed by atoms with Gasteiger partial charge < -0.3 is 58.4 Å². The van der Waals surface area contributed by atoms with Crippen LogP contribution in [0.2, 0.25) is 0 Å². The highest BCUT2D eigenvalue weighted by Gasteiger charge is 2.45. The number of carbonyl (C=O) groups excluding carboxylic acids is 6. The number of carbonyl (C=O) groups is 7. The number of nitrogens with one attached hydrogen (secondary N) is 5. The Labute approximate surface area is 337 Å². The fourth-order valence-electron chi connectivity index (χ4n) is 7.32. The van der Waals surface area contributed by atoms with Crippen LogP contribution in [0.15, 0.2) is 35.5 Å². The molecule has 318 valence electrons. The second kappa shape index (κ2) is 20.1. The summed E-state index contributed by atoms with van der Waals surface area (Å²) in [7, 11) is 0. The van der Waals surface area contributed by atoms with Gasteiger partial charge in [0.05, 0.1) is 5.54 Å². The highest BCUT2D eigenvalue weighted by atomic mass is 16.4. The van der Waals surface area contributed by atoms with E-state index < -0.39 is 89.6 Å². The number of H-pyrrole nitrogens is 1. The summed E-state index contributed by atoms with van der Waals surface area (Å²) in [6.45, 7) is 6.71. The smallest absolute Gasteiger partial charge is 0.322 e. The second-order valence-electron chi connectivity index (χ2n) is 15.7. The number of carboxylic acids is 1. The highest BCUT2D eigenvalue weighted by molar-refractivity contribution is 5.98. The first-order valence-corrected chi connectivity index (χ1v) is 19.8. The van der Waals surface area contributed by atoms with Gasteiger partial charge in [-0.15, -0.1) is 0 Å². The predicted octanol–water partition coefficient (Wildman–Crippen LogP) is -0.815. The molecule has 19 heteroatoms. The summed E-state index contributed by atoms with van der Waals surface area (Å²) in [5, 5.41) is 20.5. The molecule has 58 heavy (non-hydrogen) atoms. The molecule has 0 aliphatic carbocycles. The third-order valence-corrected chi connectivity index (χ3v) is 10.7. The summed E-state index contributed by atoms with van der Waals surface area (Å²) >= 11 is 0. The van der Waals surface area contributed by atoms with Crippen LogP contribution in [0.4, 0.5) is 0 Å². The number of para-hydroxylation sites is 1. The van der Waals surface area contributed by atoms with Crippen molar-refractivity contribution in [1.82, 2.24) is 36.1 Å². The number of hydrogen-bond donors (Lipinski definition) is 9. The van der Waals surface area contributed by atoms with Crippen LogP contribution in [-0.2, 0) is 40.0 Å². The predicted molar refractivity (Wildman–Crippen MR) is 216 cm³/mol. The quantitative estimate of drug-likeness (QED) is 0.0480. The van der Waals surface area contributed by atoms with E-state index in [-0.39, 0.29) is 44.9 Å². The van der Waals surface area contributed by atoms with Crippen molar-refractivity contribution in [3.63, 3.8) is 0 Å². The van der Waals surface area contributed by atoms with Gasteiger partial charge in [0, 0.05) is 43.2 Å². The van der Waals surface area contributed by atoms with Gasteiger partial charge in [0.1, 0.15) is 36.8 Å². The van der Waals surface area contributed by atoms with Gasteiger partial charge in [-0.05, 0) is 69.9 Å². The minimum Gasteiger partial charge on any atom is -0.480 e. The van der Waals surface area contributed by atoms with Crippen LogP contribution < -0.4 is 38.5 Å². The first-order valence-electron chi connectivity index (χ1n) is 19.8. The Bertz CT molecular complexity index is 1850. The van der Waals surface area contributed by atoms with Gasteiger partial charge in [-0.1, -0.05) is 38.5 Å². The van der Waals surface area contributed by atoms with Crippen LogP contribution in [0.1, 0.15) is 78.2 Å². The van der Waals surface area contributed by atoms with Crippen LogP contribution in [0, 0.1) is 5.92 Å². The molecule has 19 nitrogen and oxygen atoms in total. The van der Waals surface area contributed by atoms with Crippen molar-refractivity contribution in [1.29, 1.82) is 0 Å². The van der Waals surface area contributed by atoms with Crippen molar-refractivity contribution in [2.24, 2.45) is 28.1 Å². The topological polar surface area (TPSA) is 301 Å². The molecule has 0 unspecified atom stereocenters. The number of benzene rings is 1. The molecular formula is C39H59N11O8. The van der Waals surface area contributed by atoms with Crippen LogP contribution in [0.25, 0.3) is 10.9 Å². The molecule has 0 bridgehead atoms. The molecular weight excluding hydrogens is 750 g/mol. The van der Waals surface area contributed by atoms with Crippen LogP contribution >= 0.6 is 0 Å². The molecule has 6 atom stereocenters. The number of aliphatic carboxylic acids is 1. The Kier molecular flexibility index (Phi) is 15.6. The van der Waals surface area contributed by atoms with E-state index >= 15 is 0 Å². The standard InChI is InChI=1S/C39H59N11O8/c1-5-22(2)31(34(55)46-26(13-8-16-43-38(40)41)32(53)45-21-30(51)52)48-33(54)28-14-9-17-49(28)36(57)29-15-10-18-50(29)35(56)27(47-37(58)39(3,4)42)19-23-20-44-25-12-7-6-11-24(23)25/h6-7,11-12,20,22,26-29,31,44H,5,8-10,13-19,21,42H2,1-4H3,(H,45,53)(H,46,55)(H,47,58)(H,48,54)(H,51,52)(H4,40,41,43)/t22-,26-,27+,28+,29+,31+/m0/s1. The average Bonchev–Trinajstić information content (AvgIpc) is 3.96. The van der Waals surface area contributed by atoms with E-state index in [4.69, 9.17) is 22.3 Å². The van der Waals surface area contributed by atoms with Gasteiger partial charge in [0.25, 0.3) is 0 Å². The summed E-state index contributed by atoms with van der Waals surface area (Å²) in [6.07, 6.45) is 4.50. The maximum atomic E-state index is 14.4. The number of amides is 6. The van der Waals surface area contributed by atoms with Crippen molar-refractivity contribution < 1.29 is 38.7 Å². The molecule has 1 aromatic carbocycles. The molecule has 6 amide bonds. The fourth-order valence-corrected chi connectivity index (χ4v) is 7.32. The Morgan fingerprint density at radius 1 is 0.948 bits per heavy atom. The molecule has 2 aliphatic rings. The first-order chi connectivity index (χ1) is 27.4. The normalized spacial score (nSPS) is 18.8. The number of aliphatic imine (C=N–C) groups is 1. The van der Waals surface area contributed by atoms with Crippen LogP contribution in [0.5, 0.6) is 0 Å². The minimum absolute atomic E-state index is 0.0763. The summed E-state index contributed by atoms with van der Waals surface area (Å²) in [6, 6.07) is 2.50. The van der Waals surface area contributed by atoms with Crippen molar-refractivity contribution in [3.8, 4) is 0 Å². The number of likely N-dealkylation sites (tertiary alicyclic amines) is 2. The SMILES string of the molecule is CC[C@H](C)[C@@H](NC(=O)[C@H]1CCCN1C(=O)[C@H]1CCCN1C(=O)[C@@H](Cc1c[nH]c2ccccc12)NC(=O)C(C)(C)N)C(=O)N[C@@H](CCCN=C(N)N)C(=O)NCC(=O)O. The van der Waals surface area contributed by atoms with E-state index in [1.54, 1.807) is 27.0 Å². The number of guanidine groups is 1. The van der Waals surface area contributed by atoms with Gasteiger partial charge in [0.2, 0.25) is 35.4 Å². The zero-order valence-electron chi connectivity index (χ0n) is 33.7. The second-order valence-corrected chi connectivity index (χ2v) is 15.7. The number of nitrogens with zero attached hydrogens (tertiary/aromatic N) is 3. The van der Waals surface area contributed by atoms with E-state index in [0.717, 1.165) is 16.5 Å². The molecule has 2 aromatic rings. The Morgan fingerprint density at radius 2 is 1.62 bits per heavy atom. The lowest BCUT2D eigenvalue weighted by molar-refractivity contribution is -0.148. The number of rotatable bonds is 19. The first kappa shape index (κ1) is 45.0. The van der Waals surface area contributed by atoms with E-state index in [1.807, 2.05) is 31.2 Å². The number of carboxylic acid groups (broad SMARTS) is 1. The molecule has 12 N–H and O–H groups in total.